The van der Waals surface area contributed by atoms with E-state index >= 15 is 0 Å². The normalized spacial score (nSPS) is 15.4. The van der Waals surface area contributed by atoms with Crippen LogP contribution in [0.4, 0.5) is 0 Å². The van der Waals surface area contributed by atoms with Crippen LogP contribution in [0.5, 0.6) is 5.75 Å². The van der Waals surface area contributed by atoms with E-state index in [4.69, 9.17) is 4.74 Å². The van der Waals surface area contributed by atoms with Gasteiger partial charge in [0.05, 0.1) is 6.61 Å². The lowest BCUT2D eigenvalue weighted by atomic mass is 10.0. The monoisotopic (exact) mass is 173 g/mol. The molecule has 1 aromatic carbocycles. The van der Waals surface area contributed by atoms with Crippen molar-refractivity contribution in [3.63, 3.8) is 0 Å². The zero-order valence-corrected chi connectivity index (χ0v) is 7.34. The van der Waals surface area contributed by atoms with Crippen molar-refractivity contribution in [3.05, 3.63) is 30.0 Å². The third-order valence-corrected chi connectivity index (χ3v) is 2.58. The molecule has 0 atom stereocenters. The molecule has 0 saturated heterocycles. The molecule has 2 nitrogen and oxygen atoms in total. The third-order valence-electron chi connectivity index (χ3n) is 2.58. The van der Waals surface area contributed by atoms with Crippen molar-refractivity contribution in [2.75, 3.05) is 6.61 Å². The lowest BCUT2D eigenvalue weighted by molar-refractivity contribution is 0.289. The summed E-state index contributed by atoms with van der Waals surface area (Å²) in [5.74, 6) is 1.07. The van der Waals surface area contributed by atoms with Crippen LogP contribution in [-0.2, 0) is 6.42 Å². The number of fused-ring (bicyclic) bond motifs is 2. The summed E-state index contributed by atoms with van der Waals surface area (Å²) in [6, 6.07) is 6.40. The third kappa shape index (κ3) is 1.02. The maximum Gasteiger partial charge on any atom is 0.123 e. The number of hydrogen-bond donors (Lipinski definition) is 1. The number of aromatic nitrogens is 1. The number of rotatable bonds is 0. The van der Waals surface area contributed by atoms with E-state index in [1.54, 1.807) is 0 Å². The highest BCUT2D eigenvalue weighted by molar-refractivity contribution is 5.82. The van der Waals surface area contributed by atoms with Gasteiger partial charge in [0, 0.05) is 17.1 Å². The van der Waals surface area contributed by atoms with Gasteiger partial charge in [0.1, 0.15) is 5.75 Å². The molecule has 0 spiro atoms. The summed E-state index contributed by atoms with van der Waals surface area (Å²) < 4.78 is 5.59. The van der Waals surface area contributed by atoms with Crippen LogP contribution >= 0.6 is 0 Å². The van der Waals surface area contributed by atoms with Gasteiger partial charge in [-0.25, -0.2) is 0 Å². The molecule has 1 N–H and O–H groups in total. The first-order valence-corrected chi connectivity index (χ1v) is 4.66. The zero-order chi connectivity index (χ0) is 8.67. The average Bonchev–Trinajstić information content (AvgIpc) is 2.61. The fraction of sp³-hybridized carbons (Fsp3) is 0.273. The van der Waals surface area contributed by atoms with E-state index in [1.165, 1.54) is 16.5 Å². The molecule has 3 rings (SSSR count). The van der Waals surface area contributed by atoms with E-state index < -0.39 is 0 Å². The molecule has 0 unspecified atom stereocenters. The van der Waals surface area contributed by atoms with Crippen molar-refractivity contribution in [3.8, 4) is 5.75 Å². The first kappa shape index (κ1) is 7.01. The van der Waals surface area contributed by atoms with E-state index in [1.807, 2.05) is 6.20 Å². The maximum absolute atomic E-state index is 5.59. The summed E-state index contributed by atoms with van der Waals surface area (Å²) in [5.41, 5.74) is 2.55. The molecule has 13 heavy (non-hydrogen) atoms. The van der Waals surface area contributed by atoms with E-state index in [0.29, 0.717) is 0 Å². The van der Waals surface area contributed by atoms with Gasteiger partial charge in [-0.2, -0.15) is 0 Å². The van der Waals surface area contributed by atoms with E-state index in [2.05, 4.69) is 23.2 Å². The molecule has 0 saturated carbocycles. The van der Waals surface area contributed by atoms with Crippen LogP contribution in [0.3, 0.4) is 0 Å². The molecule has 0 aliphatic carbocycles. The second-order valence-electron chi connectivity index (χ2n) is 3.48. The smallest absolute Gasteiger partial charge is 0.123 e. The van der Waals surface area contributed by atoms with Crippen molar-refractivity contribution in [1.29, 1.82) is 0 Å². The predicted octanol–water partition coefficient (Wildman–Crippen LogP) is 2.49. The molecule has 2 heteroatoms. The number of aryl methyl sites for hydroxylation is 1. The van der Waals surface area contributed by atoms with Crippen molar-refractivity contribution in [1.82, 2.24) is 4.98 Å². The Balaban J connectivity index is 2.28. The van der Waals surface area contributed by atoms with Crippen molar-refractivity contribution in [2.45, 2.75) is 12.8 Å². The van der Waals surface area contributed by atoms with Gasteiger partial charge in [-0.3, -0.25) is 0 Å². The number of nitrogens with one attached hydrogen (secondary N) is 1. The number of hydrogen-bond acceptors (Lipinski definition) is 1. The molecule has 0 fully saturated rings. The molecule has 0 bridgehead atoms. The summed E-state index contributed by atoms with van der Waals surface area (Å²) in [6.45, 7) is 0.864. The summed E-state index contributed by atoms with van der Waals surface area (Å²) in [4.78, 5) is 3.21. The van der Waals surface area contributed by atoms with Gasteiger partial charge in [0.25, 0.3) is 0 Å². The van der Waals surface area contributed by atoms with Gasteiger partial charge in [0.2, 0.25) is 0 Å². The molecule has 1 aliphatic rings. The van der Waals surface area contributed by atoms with E-state index in [9.17, 15) is 0 Å². The topological polar surface area (TPSA) is 25.0 Å². The van der Waals surface area contributed by atoms with Crippen LogP contribution in [0.2, 0.25) is 0 Å². The Labute approximate surface area is 76.5 Å². The Morgan fingerprint density at radius 3 is 3.31 bits per heavy atom. The second-order valence-corrected chi connectivity index (χ2v) is 3.48. The largest absolute Gasteiger partial charge is 0.493 e. The number of benzene rings is 1. The highest BCUT2D eigenvalue weighted by Crippen LogP contribution is 2.29. The fourth-order valence-electron chi connectivity index (χ4n) is 1.90. The first-order chi connectivity index (χ1) is 6.43. The van der Waals surface area contributed by atoms with Crippen LogP contribution in [-0.4, -0.2) is 11.6 Å². The van der Waals surface area contributed by atoms with Crippen molar-refractivity contribution >= 4 is 10.9 Å². The van der Waals surface area contributed by atoms with Gasteiger partial charge in [-0.15, -0.1) is 0 Å². The minimum Gasteiger partial charge on any atom is -0.493 e. The second kappa shape index (κ2) is 2.52. The lowest BCUT2D eigenvalue weighted by Gasteiger charge is -2.16. The van der Waals surface area contributed by atoms with Crippen LogP contribution in [0.1, 0.15) is 12.0 Å². The number of H-pyrrole nitrogens is 1. The molecule has 1 aromatic heterocycles. The van der Waals surface area contributed by atoms with Gasteiger partial charge in [-0.05, 0) is 36.6 Å². The molecular formula is C11H11NO. The van der Waals surface area contributed by atoms with Crippen molar-refractivity contribution < 1.29 is 4.74 Å². The highest BCUT2D eigenvalue weighted by atomic mass is 16.5. The number of aromatic amines is 1. The molecule has 0 radical (unpaired) electrons. The Morgan fingerprint density at radius 1 is 1.31 bits per heavy atom. The molecule has 2 heterocycles. The summed E-state index contributed by atoms with van der Waals surface area (Å²) in [6.07, 6.45) is 4.25. The SMILES string of the molecule is c1cc2cc3c(cc2[nH]1)CCCO3. The predicted molar refractivity (Wildman–Crippen MR) is 52.1 cm³/mol. The minimum atomic E-state index is 0.864. The van der Waals surface area contributed by atoms with Gasteiger partial charge in [-0.1, -0.05) is 0 Å². The van der Waals surface area contributed by atoms with Crippen LogP contribution in [0.25, 0.3) is 10.9 Å². The van der Waals surface area contributed by atoms with Crippen molar-refractivity contribution in [2.24, 2.45) is 0 Å². The van der Waals surface area contributed by atoms with Crippen LogP contribution < -0.4 is 4.74 Å². The molecule has 2 aromatic rings. The number of ether oxygens (including phenoxy) is 1. The molecular weight excluding hydrogens is 162 g/mol. The summed E-state index contributed by atoms with van der Waals surface area (Å²) in [7, 11) is 0. The average molecular weight is 173 g/mol. The maximum atomic E-state index is 5.59. The zero-order valence-electron chi connectivity index (χ0n) is 7.34. The van der Waals surface area contributed by atoms with Crippen LogP contribution in [0.15, 0.2) is 24.4 Å². The Morgan fingerprint density at radius 2 is 2.31 bits per heavy atom. The van der Waals surface area contributed by atoms with Gasteiger partial charge >= 0.3 is 0 Å². The molecule has 1 aliphatic heterocycles. The first-order valence-electron chi connectivity index (χ1n) is 4.66. The molecule has 0 amide bonds. The Kier molecular flexibility index (Phi) is 1.36. The summed E-state index contributed by atoms with van der Waals surface area (Å²) >= 11 is 0. The van der Waals surface area contributed by atoms with Crippen LogP contribution in [0, 0.1) is 0 Å². The standard InChI is InChI=1S/C11H11NO/c1-2-9-6-10-8(3-4-12-10)7-11(9)13-5-1/h3-4,6-7,12H,1-2,5H2. The highest BCUT2D eigenvalue weighted by Gasteiger charge is 2.11. The Bertz CT molecular complexity index is 404. The fourth-order valence-corrected chi connectivity index (χ4v) is 1.90. The summed E-state index contributed by atoms with van der Waals surface area (Å²) in [5, 5.41) is 1.24. The van der Waals surface area contributed by atoms with Gasteiger partial charge < -0.3 is 9.72 Å². The van der Waals surface area contributed by atoms with E-state index in [-0.39, 0.29) is 0 Å². The lowest BCUT2D eigenvalue weighted by Crippen LogP contribution is -2.07. The quantitative estimate of drug-likeness (QED) is 0.650. The minimum absolute atomic E-state index is 0.864. The van der Waals surface area contributed by atoms with Gasteiger partial charge in [0.15, 0.2) is 0 Å². The molecule has 66 valence electrons. The Hall–Kier alpha value is -1.44. The van der Waals surface area contributed by atoms with E-state index in [0.717, 1.165) is 25.2 Å².